The zero-order valence-electron chi connectivity index (χ0n) is 17.0. The van der Waals surface area contributed by atoms with E-state index in [1.807, 2.05) is 41.4 Å². The minimum atomic E-state index is 0.0576. The van der Waals surface area contributed by atoms with E-state index in [0.29, 0.717) is 19.0 Å². The summed E-state index contributed by atoms with van der Waals surface area (Å²) in [4.78, 5) is 25.8. The van der Waals surface area contributed by atoms with Gasteiger partial charge in [-0.05, 0) is 35.3 Å². The minimum Gasteiger partial charge on any atom is -0.352 e. The molecule has 0 spiro atoms. The van der Waals surface area contributed by atoms with E-state index >= 15 is 0 Å². The molecule has 0 unspecified atom stereocenters. The van der Waals surface area contributed by atoms with Crippen LogP contribution in [-0.4, -0.2) is 47.0 Å². The summed E-state index contributed by atoms with van der Waals surface area (Å²) < 4.78 is 0. The average molecular weight is 386 g/mol. The Kier molecular flexibility index (Phi) is 5.56. The number of nitrogens with zero attached hydrogens (tertiary/aromatic N) is 4. The number of benzene rings is 2. The molecule has 1 aliphatic heterocycles. The van der Waals surface area contributed by atoms with Crippen molar-refractivity contribution in [1.29, 1.82) is 0 Å². The quantitative estimate of drug-likeness (QED) is 0.633. The van der Waals surface area contributed by atoms with Crippen molar-refractivity contribution in [2.75, 3.05) is 31.1 Å². The topological polar surface area (TPSA) is 49.3 Å². The largest absolute Gasteiger partial charge is 0.352 e. The third kappa shape index (κ3) is 4.45. The van der Waals surface area contributed by atoms with Crippen molar-refractivity contribution < 1.29 is 4.79 Å². The summed E-state index contributed by atoms with van der Waals surface area (Å²) in [7, 11) is 0. The highest BCUT2D eigenvalue weighted by atomic mass is 16.2. The summed E-state index contributed by atoms with van der Waals surface area (Å²) >= 11 is 0. The molecule has 5 heteroatoms. The molecular formula is C24H26N4O. The first-order valence-corrected chi connectivity index (χ1v) is 10.1. The smallest absolute Gasteiger partial charge is 0.246 e. The third-order valence-corrected chi connectivity index (χ3v) is 5.37. The zero-order valence-corrected chi connectivity index (χ0v) is 17.0. The fourth-order valence-electron chi connectivity index (χ4n) is 3.52. The van der Waals surface area contributed by atoms with Crippen molar-refractivity contribution in [2.24, 2.45) is 0 Å². The van der Waals surface area contributed by atoms with Crippen LogP contribution in [0, 0.1) is 0 Å². The van der Waals surface area contributed by atoms with E-state index in [4.69, 9.17) is 4.98 Å². The van der Waals surface area contributed by atoms with Crippen molar-refractivity contribution in [2.45, 2.75) is 19.8 Å². The normalized spacial score (nSPS) is 14.9. The van der Waals surface area contributed by atoms with E-state index in [1.54, 1.807) is 6.08 Å². The number of piperazine rings is 1. The molecule has 1 amide bonds. The molecule has 0 bridgehead atoms. The van der Waals surface area contributed by atoms with Crippen LogP contribution in [0.5, 0.6) is 0 Å². The zero-order chi connectivity index (χ0) is 20.2. The SMILES string of the molecule is CC(C)c1ccc(/C=C/C(=O)N2CCN(c3cnc4ccccc4n3)CC2)cc1. The Morgan fingerprint density at radius 2 is 1.66 bits per heavy atom. The molecule has 1 aliphatic rings. The van der Waals surface area contributed by atoms with Gasteiger partial charge in [0.25, 0.3) is 0 Å². The number of aromatic nitrogens is 2. The number of carbonyl (C=O) groups excluding carboxylic acids is 1. The first-order chi connectivity index (χ1) is 14.1. The van der Waals surface area contributed by atoms with E-state index in [1.165, 1.54) is 5.56 Å². The van der Waals surface area contributed by atoms with Gasteiger partial charge >= 0.3 is 0 Å². The second-order valence-electron chi connectivity index (χ2n) is 7.68. The van der Waals surface area contributed by atoms with Gasteiger partial charge in [-0.1, -0.05) is 50.2 Å². The maximum Gasteiger partial charge on any atom is 0.246 e. The Labute approximate surface area is 171 Å². The van der Waals surface area contributed by atoms with Crippen LogP contribution in [0.4, 0.5) is 5.82 Å². The molecule has 0 N–H and O–H groups in total. The van der Waals surface area contributed by atoms with Crippen molar-refractivity contribution in [1.82, 2.24) is 14.9 Å². The van der Waals surface area contributed by atoms with Crippen LogP contribution < -0.4 is 4.90 Å². The minimum absolute atomic E-state index is 0.0576. The molecule has 3 aromatic rings. The van der Waals surface area contributed by atoms with Crippen LogP contribution in [0.15, 0.2) is 60.8 Å². The number of rotatable bonds is 4. The lowest BCUT2D eigenvalue weighted by atomic mass is 10.0. The fourth-order valence-corrected chi connectivity index (χ4v) is 3.52. The monoisotopic (exact) mass is 386 g/mol. The van der Waals surface area contributed by atoms with Crippen molar-refractivity contribution in [3.8, 4) is 0 Å². The van der Waals surface area contributed by atoms with Crippen LogP contribution in [0.1, 0.15) is 30.9 Å². The molecule has 2 heterocycles. The molecule has 2 aromatic carbocycles. The number of anilines is 1. The first-order valence-electron chi connectivity index (χ1n) is 10.1. The second-order valence-corrected chi connectivity index (χ2v) is 7.68. The number of carbonyl (C=O) groups is 1. The molecule has 0 saturated carbocycles. The summed E-state index contributed by atoms with van der Waals surface area (Å²) in [6, 6.07) is 16.3. The van der Waals surface area contributed by atoms with Gasteiger partial charge < -0.3 is 9.80 Å². The molecule has 1 fully saturated rings. The predicted molar refractivity (Wildman–Crippen MR) is 118 cm³/mol. The van der Waals surface area contributed by atoms with Crippen LogP contribution >= 0.6 is 0 Å². The Morgan fingerprint density at radius 1 is 0.966 bits per heavy atom. The Morgan fingerprint density at radius 3 is 2.34 bits per heavy atom. The van der Waals surface area contributed by atoms with E-state index in [2.05, 4.69) is 48.0 Å². The standard InChI is InChI=1S/C24H26N4O/c1-18(2)20-10-7-19(8-11-20)9-12-24(29)28-15-13-27(14-16-28)23-17-25-21-5-3-4-6-22(21)26-23/h3-12,17-18H,13-16H2,1-2H3/b12-9+. The average Bonchev–Trinajstić information content (AvgIpc) is 2.77. The first kappa shape index (κ1) is 19.1. The Balaban J connectivity index is 1.35. The maximum absolute atomic E-state index is 12.6. The van der Waals surface area contributed by atoms with Gasteiger partial charge in [-0.15, -0.1) is 0 Å². The number of fused-ring (bicyclic) bond motifs is 1. The lowest BCUT2D eigenvalue weighted by Crippen LogP contribution is -2.48. The maximum atomic E-state index is 12.6. The van der Waals surface area contributed by atoms with Crippen molar-refractivity contribution in [3.63, 3.8) is 0 Å². The highest BCUT2D eigenvalue weighted by Gasteiger charge is 2.21. The molecule has 1 aromatic heterocycles. The van der Waals surface area contributed by atoms with Gasteiger partial charge in [0.2, 0.25) is 5.91 Å². The Bertz CT molecular complexity index is 1020. The van der Waals surface area contributed by atoms with Gasteiger partial charge in [-0.2, -0.15) is 0 Å². The third-order valence-electron chi connectivity index (χ3n) is 5.37. The van der Waals surface area contributed by atoms with Gasteiger partial charge in [0.1, 0.15) is 5.82 Å². The predicted octanol–water partition coefficient (Wildman–Crippen LogP) is 4.12. The molecule has 0 atom stereocenters. The molecule has 0 radical (unpaired) electrons. The van der Waals surface area contributed by atoms with Gasteiger partial charge in [0.05, 0.1) is 17.2 Å². The second kappa shape index (κ2) is 8.43. The molecule has 1 saturated heterocycles. The van der Waals surface area contributed by atoms with E-state index in [9.17, 15) is 4.79 Å². The molecule has 0 aliphatic carbocycles. The number of hydrogen-bond acceptors (Lipinski definition) is 4. The van der Waals surface area contributed by atoms with Gasteiger partial charge in [-0.25, -0.2) is 4.98 Å². The lowest BCUT2D eigenvalue weighted by molar-refractivity contribution is -0.126. The van der Waals surface area contributed by atoms with E-state index < -0.39 is 0 Å². The van der Waals surface area contributed by atoms with Crippen molar-refractivity contribution >= 4 is 28.8 Å². The van der Waals surface area contributed by atoms with Crippen molar-refractivity contribution in [3.05, 3.63) is 71.9 Å². The van der Waals surface area contributed by atoms with Crippen LogP contribution in [0.25, 0.3) is 17.1 Å². The lowest BCUT2D eigenvalue weighted by Gasteiger charge is -2.34. The highest BCUT2D eigenvalue weighted by molar-refractivity contribution is 5.92. The van der Waals surface area contributed by atoms with Gasteiger partial charge in [0.15, 0.2) is 0 Å². The summed E-state index contributed by atoms with van der Waals surface area (Å²) in [5, 5.41) is 0. The Hall–Kier alpha value is -3.21. The van der Waals surface area contributed by atoms with Gasteiger partial charge in [0, 0.05) is 32.3 Å². The van der Waals surface area contributed by atoms with Crippen LogP contribution in [-0.2, 0) is 4.79 Å². The van der Waals surface area contributed by atoms with Crippen LogP contribution in [0.2, 0.25) is 0 Å². The number of hydrogen-bond donors (Lipinski definition) is 0. The molecule has 29 heavy (non-hydrogen) atoms. The summed E-state index contributed by atoms with van der Waals surface area (Å²) in [6.45, 7) is 7.24. The summed E-state index contributed by atoms with van der Waals surface area (Å²) in [5.41, 5.74) is 4.15. The summed E-state index contributed by atoms with van der Waals surface area (Å²) in [5.74, 6) is 1.44. The molecular weight excluding hydrogens is 360 g/mol. The number of para-hydroxylation sites is 2. The molecule has 4 rings (SSSR count). The summed E-state index contributed by atoms with van der Waals surface area (Å²) in [6.07, 6.45) is 5.39. The molecule has 148 valence electrons. The fraction of sp³-hybridized carbons (Fsp3) is 0.292. The van der Waals surface area contributed by atoms with Crippen LogP contribution in [0.3, 0.4) is 0 Å². The highest BCUT2D eigenvalue weighted by Crippen LogP contribution is 2.18. The van der Waals surface area contributed by atoms with E-state index in [-0.39, 0.29) is 5.91 Å². The number of amides is 1. The van der Waals surface area contributed by atoms with E-state index in [0.717, 1.165) is 35.5 Å². The van der Waals surface area contributed by atoms with Gasteiger partial charge in [-0.3, -0.25) is 9.78 Å². The molecule has 5 nitrogen and oxygen atoms in total.